The van der Waals surface area contributed by atoms with Gasteiger partial charge < -0.3 is 14.8 Å². The summed E-state index contributed by atoms with van der Waals surface area (Å²) in [6.07, 6.45) is 1.23. The number of hydrogen-bond acceptors (Lipinski definition) is 3. The zero-order valence-electron chi connectivity index (χ0n) is 12.3. The molecule has 5 heteroatoms. The van der Waals surface area contributed by atoms with Gasteiger partial charge in [0.05, 0.1) is 19.1 Å². The molecule has 1 aliphatic heterocycles. The smallest absolute Gasteiger partial charge is 0.226 e. The molecule has 1 aromatic rings. The van der Waals surface area contributed by atoms with Crippen LogP contribution in [0.1, 0.15) is 37.9 Å². The molecule has 1 atom stereocenters. The van der Waals surface area contributed by atoms with Crippen molar-refractivity contribution in [3.63, 3.8) is 0 Å². The number of anilines is 1. The van der Waals surface area contributed by atoms with Crippen LogP contribution in [-0.4, -0.2) is 31.8 Å². The van der Waals surface area contributed by atoms with Gasteiger partial charge in [0, 0.05) is 18.9 Å². The molecule has 0 radical (unpaired) electrons. The molecule has 0 saturated carbocycles. The van der Waals surface area contributed by atoms with Crippen molar-refractivity contribution < 1.29 is 18.7 Å². The fourth-order valence-corrected chi connectivity index (χ4v) is 2.25. The Bertz CT molecular complexity index is 459. The molecule has 0 bridgehead atoms. The van der Waals surface area contributed by atoms with Crippen LogP contribution in [-0.2, 0) is 14.3 Å². The van der Waals surface area contributed by atoms with Crippen molar-refractivity contribution in [1.29, 1.82) is 0 Å². The van der Waals surface area contributed by atoms with E-state index in [4.69, 9.17) is 9.47 Å². The van der Waals surface area contributed by atoms with E-state index in [1.165, 1.54) is 6.92 Å². The average molecular weight is 295 g/mol. The highest BCUT2D eigenvalue weighted by Crippen LogP contribution is 2.20. The normalized spacial score (nSPS) is 17.4. The molecule has 1 aromatic carbocycles. The maximum absolute atomic E-state index is 13.2. The molecule has 1 aliphatic rings. The van der Waals surface area contributed by atoms with Crippen molar-refractivity contribution >= 4 is 11.6 Å². The Balaban J connectivity index is 1.72. The number of carbonyl (C=O) groups excluding carboxylic acids is 1. The quantitative estimate of drug-likeness (QED) is 0.876. The lowest BCUT2D eigenvalue weighted by atomic mass is 10.1. The highest BCUT2D eigenvalue weighted by molar-refractivity contribution is 5.90. The third-order valence-corrected chi connectivity index (χ3v) is 3.48. The van der Waals surface area contributed by atoms with E-state index in [-0.39, 0.29) is 12.0 Å². The molecule has 2 rings (SSSR count). The molecule has 0 spiro atoms. The lowest BCUT2D eigenvalue weighted by Crippen LogP contribution is -2.25. The second-order valence-corrected chi connectivity index (χ2v) is 5.22. The van der Waals surface area contributed by atoms with Crippen LogP contribution in [0.2, 0.25) is 0 Å². The van der Waals surface area contributed by atoms with Crippen molar-refractivity contribution in [1.82, 2.24) is 0 Å². The standard InChI is InChI=1S/C16H22FNO3/c1-12(17)13-3-2-4-14(11-13)18-16(19)7-10-21-15-5-8-20-9-6-15/h2-4,11-12,15H,5-10H2,1H3,(H,18,19). The summed E-state index contributed by atoms with van der Waals surface area (Å²) in [6, 6.07) is 6.85. The molecule has 1 amide bonds. The monoisotopic (exact) mass is 295 g/mol. The summed E-state index contributed by atoms with van der Waals surface area (Å²) in [5.41, 5.74) is 1.18. The first kappa shape index (κ1) is 15.9. The van der Waals surface area contributed by atoms with Crippen molar-refractivity contribution in [3.8, 4) is 0 Å². The van der Waals surface area contributed by atoms with Gasteiger partial charge in [0.1, 0.15) is 6.17 Å². The largest absolute Gasteiger partial charge is 0.381 e. The molecule has 1 fully saturated rings. The second kappa shape index (κ2) is 8.10. The van der Waals surface area contributed by atoms with Crippen LogP contribution >= 0.6 is 0 Å². The van der Waals surface area contributed by atoms with Crippen LogP contribution < -0.4 is 5.32 Å². The lowest BCUT2D eigenvalue weighted by Gasteiger charge is -2.22. The molecule has 21 heavy (non-hydrogen) atoms. The van der Waals surface area contributed by atoms with E-state index in [9.17, 15) is 9.18 Å². The SMILES string of the molecule is CC(F)c1cccc(NC(=O)CCOC2CCOCC2)c1. The Morgan fingerprint density at radius 2 is 2.24 bits per heavy atom. The third kappa shape index (κ3) is 5.44. The molecule has 1 heterocycles. The maximum Gasteiger partial charge on any atom is 0.226 e. The van der Waals surface area contributed by atoms with Crippen molar-refractivity contribution in [3.05, 3.63) is 29.8 Å². The molecule has 1 unspecified atom stereocenters. The fraction of sp³-hybridized carbons (Fsp3) is 0.562. The Morgan fingerprint density at radius 3 is 2.95 bits per heavy atom. The first-order valence-corrected chi connectivity index (χ1v) is 7.38. The molecule has 0 aliphatic carbocycles. The highest BCUT2D eigenvalue weighted by atomic mass is 19.1. The summed E-state index contributed by atoms with van der Waals surface area (Å²) in [6.45, 7) is 3.33. The predicted molar refractivity (Wildman–Crippen MR) is 79.0 cm³/mol. The van der Waals surface area contributed by atoms with E-state index in [0.29, 0.717) is 24.3 Å². The van der Waals surface area contributed by atoms with Crippen LogP contribution in [0.15, 0.2) is 24.3 Å². The first-order chi connectivity index (χ1) is 10.1. The van der Waals surface area contributed by atoms with Gasteiger partial charge in [0.2, 0.25) is 5.91 Å². The fourth-order valence-electron chi connectivity index (χ4n) is 2.25. The van der Waals surface area contributed by atoms with Gasteiger partial charge in [-0.1, -0.05) is 12.1 Å². The Kier molecular flexibility index (Phi) is 6.14. The van der Waals surface area contributed by atoms with Gasteiger partial charge in [0.15, 0.2) is 0 Å². The van der Waals surface area contributed by atoms with E-state index in [2.05, 4.69) is 5.32 Å². The van der Waals surface area contributed by atoms with Crippen LogP contribution in [0.5, 0.6) is 0 Å². The summed E-state index contributed by atoms with van der Waals surface area (Å²) in [7, 11) is 0. The summed E-state index contributed by atoms with van der Waals surface area (Å²) >= 11 is 0. The highest BCUT2D eigenvalue weighted by Gasteiger charge is 2.14. The lowest BCUT2D eigenvalue weighted by molar-refractivity contribution is -0.118. The number of ether oxygens (including phenoxy) is 2. The van der Waals surface area contributed by atoms with Gasteiger partial charge in [0.25, 0.3) is 0 Å². The number of benzene rings is 1. The van der Waals surface area contributed by atoms with Crippen LogP contribution in [0, 0.1) is 0 Å². The number of rotatable bonds is 6. The Morgan fingerprint density at radius 1 is 1.48 bits per heavy atom. The van der Waals surface area contributed by atoms with Crippen molar-refractivity contribution in [2.75, 3.05) is 25.1 Å². The molecule has 116 valence electrons. The molecule has 1 saturated heterocycles. The van der Waals surface area contributed by atoms with E-state index in [1.54, 1.807) is 24.3 Å². The molecule has 0 aromatic heterocycles. The zero-order chi connectivity index (χ0) is 15.1. The summed E-state index contributed by atoms with van der Waals surface area (Å²) < 4.78 is 24.1. The van der Waals surface area contributed by atoms with Gasteiger partial charge in [-0.3, -0.25) is 4.79 Å². The number of amides is 1. The number of alkyl halides is 1. The number of hydrogen-bond donors (Lipinski definition) is 1. The van der Waals surface area contributed by atoms with Gasteiger partial charge in [-0.25, -0.2) is 4.39 Å². The third-order valence-electron chi connectivity index (χ3n) is 3.48. The second-order valence-electron chi connectivity index (χ2n) is 5.22. The number of halogens is 1. The number of carbonyl (C=O) groups is 1. The minimum atomic E-state index is -1.04. The Labute approximate surface area is 124 Å². The molecule has 1 N–H and O–H groups in total. The molecular formula is C16H22FNO3. The van der Waals surface area contributed by atoms with E-state index < -0.39 is 6.17 Å². The topological polar surface area (TPSA) is 47.6 Å². The maximum atomic E-state index is 13.2. The molecular weight excluding hydrogens is 273 g/mol. The van der Waals surface area contributed by atoms with Gasteiger partial charge in [-0.05, 0) is 37.5 Å². The van der Waals surface area contributed by atoms with Crippen molar-refractivity contribution in [2.24, 2.45) is 0 Å². The van der Waals surface area contributed by atoms with Gasteiger partial charge in [-0.2, -0.15) is 0 Å². The Hall–Kier alpha value is -1.46. The van der Waals surface area contributed by atoms with E-state index in [0.717, 1.165) is 26.1 Å². The summed E-state index contributed by atoms with van der Waals surface area (Å²) in [4.78, 5) is 11.8. The summed E-state index contributed by atoms with van der Waals surface area (Å²) in [5.74, 6) is -0.120. The van der Waals surface area contributed by atoms with Crippen LogP contribution in [0.3, 0.4) is 0 Å². The average Bonchev–Trinajstić information content (AvgIpc) is 2.48. The number of nitrogens with one attached hydrogen (secondary N) is 1. The van der Waals surface area contributed by atoms with E-state index >= 15 is 0 Å². The van der Waals surface area contributed by atoms with Crippen LogP contribution in [0.4, 0.5) is 10.1 Å². The minimum Gasteiger partial charge on any atom is -0.381 e. The molecule has 4 nitrogen and oxygen atoms in total. The zero-order valence-corrected chi connectivity index (χ0v) is 12.3. The predicted octanol–water partition coefficient (Wildman–Crippen LogP) is 3.24. The van der Waals surface area contributed by atoms with Crippen molar-refractivity contribution in [2.45, 2.75) is 38.5 Å². The van der Waals surface area contributed by atoms with Gasteiger partial charge in [-0.15, -0.1) is 0 Å². The summed E-state index contributed by atoms with van der Waals surface area (Å²) in [5, 5.41) is 2.76. The minimum absolute atomic E-state index is 0.120. The van der Waals surface area contributed by atoms with Crippen LogP contribution in [0.25, 0.3) is 0 Å². The van der Waals surface area contributed by atoms with Gasteiger partial charge >= 0.3 is 0 Å². The first-order valence-electron chi connectivity index (χ1n) is 7.38. The van der Waals surface area contributed by atoms with E-state index in [1.807, 2.05) is 0 Å².